The average Bonchev–Trinajstić information content (AvgIpc) is 2.69. The van der Waals surface area contributed by atoms with Crippen LogP contribution in [0.15, 0.2) is 54.6 Å². The molecule has 2 N–H and O–H groups in total. The van der Waals surface area contributed by atoms with E-state index < -0.39 is 40.1 Å². The highest BCUT2D eigenvalue weighted by Gasteiger charge is 2.60. The van der Waals surface area contributed by atoms with Crippen LogP contribution < -0.4 is 0 Å². The molecule has 32 heavy (non-hydrogen) atoms. The van der Waals surface area contributed by atoms with Gasteiger partial charge in [0.05, 0.1) is 5.54 Å². The van der Waals surface area contributed by atoms with Crippen molar-refractivity contribution in [1.82, 2.24) is 4.90 Å². The Morgan fingerprint density at radius 3 is 1.34 bits per heavy atom. The molecule has 0 saturated carbocycles. The number of hydrogen-bond donors (Lipinski definition) is 2. The molecule has 2 aromatic carbocycles. The number of Topliss-reactive ketones (excluding diaryl/α,β-unsaturated/α-hetero) is 2. The predicted molar refractivity (Wildman–Crippen MR) is 120 cm³/mol. The third-order valence-corrected chi connectivity index (χ3v) is 5.70. The highest BCUT2D eigenvalue weighted by Crippen LogP contribution is 2.55. The summed E-state index contributed by atoms with van der Waals surface area (Å²) in [5, 5.41) is 19.7. The van der Waals surface area contributed by atoms with Crippen molar-refractivity contribution in [2.24, 2.45) is 10.8 Å². The summed E-state index contributed by atoms with van der Waals surface area (Å²) in [5.74, 6) is -1.36. The Morgan fingerprint density at radius 1 is 0.625 bits per heavy atom. The molecule has 0 aromatic heterocycles. The van der Waals surface area contributed by atoms with Crippen LogP contribution in [0.5, 0.6) is 0 Å². The molecule has 0 atom stereocenters. The number of benzene rings is 2. The van der Waals surface area contributed by atoms with Crippen LogP contribution in [0.1, 0.15) is 67.8 Å². The van der Waals surface area contributed by atoms with E-state index in [2.05, 4.69) is 0 Å². The molecule has 0 radical (unpaired) electrons. The molecule has 2 aromatic rings. The fraction of sp³-hybridized carbons (Fsp3) is 0.360. The Bertz CT molecular complexity index is 999. The lowest BCUT2D eigenvalue weighted by molar-refractivity contribution is -0.0665. The SMILES string of the molecule is CC(C)(C)C(c1ccc(C(=O)C(=O)c2ccccc2)cc1)(N(C(=O)O)C(=O)O)C(C)(C)C. The fourth-order valence-corrected chi connectivity index (χ4v) is 4.87. The maximum Gasteiger partial charge on any atom is 0.417 e. The summed E-state index contributed by atoms with van der Waals surface area (Å²) in [6.07, 6.45) is -3.19. The lowest BCUT2D eigenvalue weighted by Crippen LogP contribution is -2.64. The van der Waals surface area contributed by atoms with E-state index in [0.717, 1.165) is 0 Å². The van der Waals surface area contributed by atoms with E-state index in [9.17, 15) is 29.4 Å². The second-order valence-electron chi connectivity index (χ2n) is 9.71. The first-order chi connectivity index (χ1) is 14.7. The Kier molecular flexibility index (Phi) is 6.64. The minimum atomic E-state index is -1.60. The fourth-order valence-electron chi connectivity index (χ4n) is 4.87. The van der Waals surface area contributed by atoms with Crippen molar-refractivity contribution in [3.8, 4) is 0 Å². The van der Waals surface area contributed by atoms with Crippen molar-refractivity contribution in [3.63, 3.8) is 0 Å². The second-order valence-corrected chi connectivity index (χ2v) is 9.71. The summed E-state index contributed by atoms with van der Waals surface area (Å²) in [6.45, 7) is 10.6. The largest absolute Gasteiger partial charge is 0.464 e. The smallest absolute Gasteiger partial charge is 0.417 e. The van der Waals surface area contributed by atoms with Gasteiger partial charge in [0.1, 0.15) is 0 Å². The van der Waals surface area contributed by atoms with Crippen molar-refractivity contribution < 1.29 is 29.4 Å². The molecule has 0 aliphatic carbocycles. The Morgan fingerprint density at radius 2 is 1.00 bits per heavy atom. The zero-order valence-corrected chi connectivity index (χ0v) is 19.2. The van der Waals surface area contributed by atoms with Crippen LogP contribution in [0.3, 0.4) is 0 Å². The van der Waals surface area contributed by atoms with Gasteiger partial charge >= 0.3 is 12.2 Å². The van der Waals surface area contributed by atoms with E-state index in [1.807, 2.05) is 0 Å². The summed E-state index contributed by atoms with van der Waals surface area (Å²) >= 11 is 0. The minimum Gasteiger partial charge on any atom is -0.464 e. The average molecular weight is 440 g/mol. The summed E-state index contributed by atoms with van der Waals surface area (Å²) in [7, 11) is 0. The monoisotopic (exact) mass is 439 g/mol. The number of hydrogen-bond acceptors (Lipinski definition) is 4. The van der Waals surface area contributed by atoms with Gasteiger partial charge in [-0.05, 0) is 16.4 Å². The van der Waals surface area contributed by atoms with Gasteiger partial charge < -0.3 is 10.2 Å². The van der Waals surface area contributed by atoms with Crippen molar-refractivity contribution >= 4 is 23.8 Å². The maximum absolute atomic E-state index is 12.7. The van der Waals surface area contributed by atoms with Crippen LogP contribution in [-0.2, 0) is 5.54 Å². The van der Waals surface area contributed by atoms with Crippen LogP contribution in [0.25, 0.3) is 0 Å². The number of ketones is 2. The van der Waals surface area contributed by atoms with Crippen molar-refractivity contribution in [3.05, 3.63) is 71.3 Å². The summed E-state index contributed by atoms with van der Waals surface area (Å²) in [5.41, 5.74) is -2.39. The van der Waals surface area contributed by atoms with E-state index in [4.69, 9.17) is 0 Å². The van der Waals surface area contributed by atoms with Crippen LogP contribution in [0.2, 0.25) is 0 Å². The van der Waals surface area contributed by atoms with Gasteiger partial charge in [0.2, 0.25) is 11.6 Å². The third-order valence-electron chi connectivity index (χ3n) is 5.70. The molecule has 0 heterocycles. The number of amides is 2. The zero-order chi connectivity index (χ0) is 24.5. The van der Waals surface area contributed by atoms with Crippen LogP contribution >= 0.6 is 0 Å². The lowest BCUT2D eigenvalue weighted by atomic mass is 9.56. The molecule has 2 rings (SSSR count). The van der Waals surface area contributed by atoms with Gasteiger partial charge in [-0.25, -0.2) is 14.5 Å². The molecule has 7 nitrogen and oxygen atoms in total. The lowest BCUT2D eigenvalue weighted by Gasteiger charge is -2.56. The quantitative estimate of drug-likeness (QED) is 0.457. The molecule has 170 valence electrons. The van der Waals surface area contributed by atoms with Gasteiger partial charge in [-0.2, -0.15) is 0 Å². The number of rotatable bonds is 5. The van der Waals surface area contributed by atoms with Crippen molar-refractivity contribution in [1.29, 1.82) is 0 Å². The van der Waals surface area contributed by atoms with Crippen LogP contribution in [0.4, 0.5) is 9.59 Å². The van der Waals surface area contributed by atoms with Crippen molar-refractivity contribution in [2.75, 3.05) is 0 Å². The number of nitrogens with zero attached hydrogens (tertiary/aromatic N) is 1. The minimum absolute atomic E-state index is 0.136. The predicted octanol–water partition coefficient (Wildman–Crippen LogP) is 5.70. The van der Waals surface area contributed by atoms with E-state index in [-0.39, 0.29) is 11.1 Å². The molecule has 0 unspecified atom stereocenters. The third kappa shape index (κ3) is 4.15. The van der Waals surface area contributed by atoms with E-state index >= 15 is 0 Å². The summed E-state index contributed by atoms with van der Waals surface area (Å²) < 4.78 is 0. The molecule has 0 saturated heterocycles. The maximum atomic E-state index is 12.7. The highest BCUT2D eigenvalue weighted by molar-refractivity contribution is 6.49. The van der Waals surface area contributed by atoms with Gasteiger partial charge in [-0.15, -0.1) is 0 Å². The Hall–Kier alpha value is -3.48. The molecule has 7 heteroatoms. The van der Waals surface area contributed by atoms with E-state index in [0.29, 0.717) is 10.5 Å². The summed E-state index contributed by atoms with van der Waals surface area (Å²) in [4.78, 5) is 49.9. The number of carbonyl (C=O) groups is 4. The van der Waals surface area contributed by atoms with Gasteiger partial charge in [-0.3, -0.25) is 9.59 Å². The molecular weight excluding hydrogens is 410 g/mol. The van der Waals surface area contributed by atoms with Crippen molar-refractivity contribution in [2.45, 2.75) is 47.1 Å². The van der Waals surface area contributed by atoms with Crippen LogP contribution in [-0.4, -0.2) is 38.9 Å². The Labute approximate surface area is 187 Å². The highest BCUT2D eigenvalue weighted by atomic mass is 16.4. The van der Waals surface area contributed by atoms with Gasteiger partial charge in [0.25, 0.3) is 0 Å². The molecule has 0 aliphatic rings. The molecular formula is C25H29NO6. The standard InChI is InChI=1S/C25H29NO6/c1-23(2,3)25(24(4,5)6,26(21(29)30)22(31)32)18-14-12-17(13-15-18)20(28)19(27)16-10-8-7-9-11-16/h7-15H,1-6H3,(H,29,30)(H,31,32). The first kappa shape index (κ1) is 24.8. The first-order valence-electron chi connectivity index (χ1n) is 10.2. The van der Waals surface area contributed by atoms with E-state index in [1.165, 1.54) is 24.3 Å². The molecule has 0 bridgehead atoms. The molecule has 0 spiro atoms. The number of imide groups is 1. The number of carbonyl (C=O) groups excluding carboxylic acids is 2. The number of carboxylic acid groups (broad SMARTS) is 2. The molecule has 2 amide bonds. The Balaban J connectivity index is 2.67. The normalized spacial score (nSPS) is 12.2. The second kappa shape index (κ2) is 8.57. The molecule has 0 fully saturated rings. The zero-order valence-electron chi connectivity index (χ0n) is 19.2. The molecule has 0 aliphatic heterocycles. The summed E-state index contributed by atoms with van der Waals surface area (Å²) in [6, 6.07) is 14.1. The first-order valence-corrected chi connectivity index (χ1v) is 10.2. The van der Waals surface area contributed by atoms with Gasteiger partial charge in [0.15, 0.2) is 0 Å². The van der Waals surface area contributed by atoms with E-state index in [1.54, 1.807) is 71.9 Å². The topological polar surface area (TPSA) is 112 Å². The van der Waals surface area contributed by atoms with Gasteiger partial charge in [-0.1, -0.05) is 96.1 Å². The van der Waals surface area contributed by atoms with Gasteiger partial charge in [0, 0.05) is 11.1 Å². The van der Waals surface area contributed by atoms with Crippen LogP contribution in [0, 0.1) is 10.8 Å².